The SMILES string of the molecule is CCOC(=O)c1c(NC(=O)CNc2ccccc2C(=O)NC2CC2)sc(CC)c1C. The van der Waals surface area contributed by atoms with Crippen LogP contribution in [0.2, 0.25) is 0 Å². The third kappa shape index (κ3) is 5.18. The van der Waals surface area contributed by atoms with Crippen LogP contribution in [0.4, 0.5) is 10.7 Å². The summed E-state index contributed by atoms with van der Waals surface area (Å²) in [6.07, 6.45) is 2.78. The molecule has 0 atom stereocenters. The molecule has 3 N–H and O–H groups in total. The van der Waals surface area contributed by atoms with Gasteiger partial charge in [0.05, 0.1) is 24.3 Å². The van der Waals surface area contributed by atoms with Gasteiger partial charge in [-0.25, -0.2) is 4.79 Å². The number of nitrogens with one attached hydrogen (secondary N) is 3. The smallest absolute Gasteiger partial charge is 0.341 e. The van der Waals surface area contributed by atoms with Crippen LogP contribution in [0, 0.1) is 6.92 Å². The van der Waals surface area contributed by atoms with Crippen molar-refractivity contribution in [2.45, 2.75) is 46.1 Å². The van der Waals surface area contributed by atoms with Crippen molar-refractivity contribution in [1.82, 2.24) is 5.32 Å². The van der Waals surface area contributed by atoms with Gasteiger partial charge in [0.15, 0.2) is 0 Å². The van der Waals surface area contributed by atoms with Crippen LogP contribution in [0.25, 0.3) is 0 Å². The van der Waals surface area contributed by atoms with Gasteiger partial charge in [0.1, 0.15) is 5.00 Å². The van der Waals surface area contributed by atoms with E-state index in [0.29, 0.717) is 21.8 Å². The number of rotatable bonds is 9. The van der Waals surface area contributed by atoms with E-state index in [2.05, 4.69) is 16.0 Å². The first-order valence-electron chi connectivity index (χ1n) is 10.2. The van der Waals surface area contributed by atoms with Crippen LogP contribution >= 0.6 is 11.3 Å². The van der Waals surface area contributed by atoms with E-state index in [1.54, 1.807) is 25.1 Å². The van der Waals surface area contributed by atoms with Gasteiger partial charge in [-0.15, -0.1) is 11.3 Å². The number of carbonyl (C=O) groups excluding carboxylic acids is 3. The maximum absolute atomic E-state index is 12.6. The Morgan fingerprint density at radius 3 is 2.57 bits per heavy atom. The Bertz CT molecular complexity index is 950. The third-order valence-corrected chi connectivity index (χ3v) is 6.17. The van der Waals surface area contributed by atoms with E-state index in [0.717, 1.165) is 29.7 Å². The molecule has 1 aliphatic carbocycles. The predicted octanol–water partition coefficient (Wildman–Crippen LogP) is 3.74. The third-order valence-electron chi connectivity index (χ3n) is 4.82. The maximum atomic E-state index is 12.6. The molecule has 2 aromatic rings. The quantitative estimate of drug-likeness (QED) is 0.528. The lowest BCUT2D eigenvalue weighted by Crippen LogP contribution is -2.27. The van der Waals surface area contributed by atoms with Gasteiger partial charge < -0.3 is 20.7 Å². The van der Waals surface area contributed by atoms with E-state index in [4.69, 9.17) is 4.74 Å². The Morgan fingerprint density at radius 2 is 1.90 bits per heavy atom. The highest BCUT2D eigenvalue weighted by atomic mass is 32.1. The molecule has 1 aliphatic rings. The van der Waals surface area contributed by atoms with E-state index in [9.17, 15) is 14.4 Å². The Morgan fingerprint density at radius 1 is 1.17 bits per heavy atom. The first-order valence-corrected chi connectivity index (χ1v) is 11.0. The van der Waals surface area contributed by atoms with Crippen LogP contribution < -0.4 is 16.0 Å². The van der Waals surface area contributed by atoms with E-state index in [-0.39, 0.29) is 31.0 Å². The molecule has 30 heavy (non-hydrogen) atoms. The molecule has 1 aromatic carbocycles. The molecule has 1 fully saturated rings. The minimum atomic E-state index is -0.434. The number of thiophene rings is 1. The summed E-state index contributed by atoms with van der Waals surface area (Å²) in [6, 6.07) is 7.35. The number of amides is 2. The van der Waals surface area contributed by atoms with Crippen molar-refractivity contribution >= 4 is 39.8 Å². The molecule has 0 saturated heterocycles. The van der Waals surface area contributed by atoms with Gasteiger partial charge in [-0.1, -0.05) is 19.1 Å². The van der Waals surface area contributed by atoms with Gasteiger partial charge in [-0.3, -0.25) is 9.59 Å². The van der Waals surface area contributed by atoms with Gasteiger partial charge in [-0.2, -0.15) is 0 Å². The lowest BCUT2D eigenvalue weighted by Gasteiger charge is -2.12. The summed E-state index contributed by atoms with van der Waals surface area (Å²) in [6.45, 7) is 5.85. The number of para-hydroxylation sites is 1. The summed E-state index contributed by atoms with van der Waals surface area (Å²) in [5.74, 6) is -0.884. The first-order chi connectivity index (χ1) is 14.4. The fourth-order valence-corrected chi connectivity index (χ4v) is 4.26. The molecule has 0 unspecified atom stereocenters. The average molecular weight is 430 g/mol. The van der Waals surface area contributed by atoms with E-state index in [1.807, 2.05) is 19.9 Å². The fraction of sp³-hybridized carbons (Fsp3) is 0.409. The average Bonchev–Trinajstić information content (AvgIpc) is 3.48. The summed E-state index contributed by atoms with van der Waals surface area (Å²) in [5, 5.41) is 9.31. The van der Waals surface area contributed by atoms with Crippen molar-refractivity contribution in [3.05, 3.63) is 45.8 Å². The van der Waals surface area contributed by atoms with Gasteiger partial charge in [-0.05, 0) is 50.8 Å². The van der Waals surface area contributed by atoms with E-state index < -0.39 is 5.97 Å². The van der Waals surface area contributed by atoms with Crippen molar-refractivity contribution in [3.8, 4) is 0 Å². The molecule has 0 bridgehead atoms. The second kappa shape index (κ2) is 9.75. The molecular formula is C22H27N3O4S. The Balaban J connectivity index is 1.68. The van der Waals surface area contributed by atoms with Gasteiger partial charge in [0, 0.05) is 16.6 Å². The van der Waals surface area contributed by atoms with Crippen LogP contribution in [-0.4, -0.2) is 37.0 Å². The van der Waals surface area contributed by atoms with Gasteiger partial charge in [0.25, 0.3) is 5.91 Å². The number of ether oxygens (including phenoxy) is 1. The molecule has 0 aliphatic heterocycles. The number of carbonyl (C=O) groups is 3. The largest absolute Gasteiger partial charge is 0.462 e. The zero-order chi connectivity index (χ0) is 21.7. The second-order valence-electron chi connectivity index (χ2n) is 7.12. The normalized spacial score (nSPS) is 12.9. The zero-order valence-electron chi connectivity index (χ0n) is 17.5. The highest BCUT2D eigenvalue weighted by molar-refractivity contribution is 7.17. The van der Waals surface area contributed by atoms with Crippen LogP contribution in [0.3, 0.4) is 0 Å². The van der Waals surface area contributed by atoms with Crippen molar-refractivity contribution in [2.75, 3.05) is 23.8 Å². The monoisotopic (exact) mass is 429 g/mol. The molecule has 7 nitrogen and oxygen atoms in total. The lowest BCUT2D eigenvalue weighted by molar-refractivity contribution is -0.114. The number of hydrogen-bond donors (Lipinski definition) is 3. The summed E-state index contributed by atoms with van der Waals surface area (Å²) in [5.41, 5.74) is 2.35. The number of hydrogen-bond acceptors (Lipinski definition) is 6. The van der Waals surface area contributed by atoms with Gasteiger partial charge >= 0.3 is 5.97 Å². The number of aryl methyl sites for hydroxylation is 1. The zero-order valence-corrected chi connectivity index (χ0v) is 18.3. The molecule has 2 amide bonds. The first kappa shape index (κ1) is 21.8. The lowest BCUT2D eigenvalue weighted by atomic mass is 10.1. The Labute approximate surface area is 180 Å². The van der Waals surface area contributed by atoms with Crippen LogP contribution in [0.15, 0.2) is 24.3 Å². The molecule has 0 spiro atoms. The van der Waals surface area contributed by atoms with Gasteiger partial charge in [0.2, 0.25) is 5.91 Å². The summed E-state index contributed by atoms with van der Waals surface area (Å²) >= 11 is 1.39. The van der Waals surface area contributed by atoms with Crippen LogP contribution in [-0.2, 0) is 16.0 Å². The summed E-state index contributed by atoms with van der Waals surface area (Å²) in [4.78, 5) is 38.4. The number of anilines is 2. The van der Waals surface area contributed by atoms with E-state index in [1.165, 1.54) is 11.3 Å². The highest BCUT2D eigenvalue weighted by Crippen LogP contribution is 2.34. The molecule has 8 heteroatoms. The molecule has 3 rings (SSSR count). The molecule has 1 saturated carbocycles. The van der Waals surface area contributed by atoms with Crippen molar-refractivity contribution in [1.29, 1.82) is 0 Å². The standard InChI is InChI=1S/C22H27N3O4S/c1-4-17-13(3)19(22(28)29-5-2)21(30-17)25-18(26)12-23-16-9-7-6-8-15(16)20(27)24-14-10-11-14/h6-9,14,23H,4-5,10-12H2,1-3H3,(H,24,27)(H,25,26). The minimum absolute atomic E-state index is 0.0333. The molecule has 160 valence electrons. The summed E-state index contributed by atoms with van der Waals surface area (Å²) < 4.78 is 5.15. The molecule has 0 radical (unpaired) electrons. The Kier molecular flexibility index (Phi) is 7.10. The van der Waals surface area contributed by atoms with E-state index >= 15 is 0 Å². The van der Waals surface area contributed by atoms with Crippen LogP contribution in [0.5, 0.6) is 0 Å². The highest BCUT2D eigenvalue weighted by Gasteiger charge is 2.25. The number of esters is 1. The number of benzene rings is 1. The van der Waals surface area contributed by atoms with Crippen LogP contribution in [0.1, 0.15) is 57.8 Å². The predicted molar refractivity (Wildman–Crippen MR) is 118 cm³/mol. The molecule has 1 heterocycles. The topological polar surface area (TPSA) is 96.5 Å². The minimum Gasteiger partial charge on any atom is -0.462 e. The fourth-order valence-electron chi connectivity index (χ4n) is 3.11. The molecular weight excluding hydrogens is 402 g/mol. The second-order valence-corrected chi connectivity index (χ2v) is 8.23. The maximum Gasteiger partial charge on any atom is 0.341 e. The van der Waals surface area contributed by atoms with Crippen molar-refractivity contribution < 1.29 is 19.1 Å². The Hall–Kier alpha value is -2.87. The summed E-state index contributed by atoms with van der Waals surface area (Å²) in [7, 11) is 0. The van der Waals surface area contributed by atoms with Crippen molar-refractivity contribution in [3.63, 3.8) is 0 Å². The van der Waals surface area contributed by atoms with Crippen molar-refractivity contribution in [2.24, 2.45) is 0 Å². The molecule has 1 aromatic heterocycles.